The summed E-state index contributed by atoms with van der Waals surface area (Å²) < 4.78 is 19.4. The molecule has 3 heteroatoms. The molecule has 1 saturated heterocycles. The van der Waals surface area contributed by atoms with Crippen molar-refractivity contribution < 1.29 is 9.13 Å². The van der Waals surface area contributed by atoms with Gasteiger partial charge in [-0.2, -0.15) is 0 Å². The van der Waals surface area contributed by atoms with E-state index in [1.165, 1.54) is 12.8 Å². The number of likely N-dealkylation sites (tertiary alicyclic amines) is 1. The number of rotatable bonds is 3. The molecule has 0 spiro atoms. The van der Waals surface area contributed by atoms with Crippen molar-refractivity contribution in [2.24, 2.45) is 0 Å². The largest absolute Gasteiger partial charge is 0.478 e. The number of fused-ring (bicyclic) bond motifs is 1. The van der Waals surface area contributed by atoms with Gasteiger partial charge in [0, 0.05) is 18.7 Å². The molecule has 92 valence electrons. The summed E-state index contributed by atoms with van der Waals surface area (Å²) in [5.41, 5.74) is 1.98. The molecule has 1 aromatic rings. The maximum atomic E-state index is 13.5. The number of nitrogens with zero attached hydrogens (tertiary/aromatic N) is 1. The lowest BCUT2D eigenvalue weighted by atomic mass is 10.1. The third kappa shape index (κ3) is 2.16. The quantitative estimate of drug-likeness (QED) is 0.798. The Morgan fingerprint density at radius 3 is 2.65 bits per heavy atom. The van der Waals surface area contributed by atoms with Gasteiger partial charge in [-0.05, 0) is 49.8 Å². The van der Waals surface area contributed by atoms with E-state index in [1.54, 1.807) is 12.1 Å². The van der Waals surface area contributed by atoms with Crippen molar-refractivity contribution in [3.63, 3.8) is 0 Å². The van der Waals surface area contributed by atoms with Gasteiger partial charge in [-0.25, -0.2) is 4.39 Å². The highest BCUT2D eigenvalue weighted by Crippen LogP contribution is 2.32. The summed E-state index contributed by atoms with van der Waals surface area (Å²) in [7, 11) is 0. The molecular formula is C14H18FNO. The molecule has 1 aliphatic heterocycles. The molecule has 0 radical (unpaired) electrons. The zero-order chi connectivity index (χ0) is 11.7. The molecule has 0 unspecified atom stereocenters. The molecule has 1 aliphatic carbocycles. The first kappa shape index (κ1) is 11.0. The fourth-order valence-corrected chi connectivity index (χ4v) is 2.84. The van der Waals surface area contributed by atoms with Gasteiger partial charge in [-0.3, -0.25) is 4.90 Å². The molecular weight excluding hydrogens is 217 g/mol. The molecule has 0 N–H and O–H groups in total. The summed E-state index contributed by atoms with van der Waals surface area (Å²) in [5, 5.41) is 0. The Hall–Kier alpha value is -1.09. The van der Waals surface area contributed by atoms with Crippen LogP contribution in [-0.2, 0) is 12.8 Å². The van der Waals surface area contributed by atoms with Gasteiger partial charge in [0.15, 0.2) is 0 Å². The maximum Gasteiger partial charge on any atom is 0.142 e. The van der Waals surface area contributed by atoms with Crippen LogP contribution >= 0.6 is 0 Å². The van der Waals surface area contributed by atoms with E-state index >= 15 is 0 Å². The van der Waals surface area contributed by atoms with Crippen LogP contribution in [0.2, 0.25) is 0 Å². The lowest BCUT2D eigenvalue weighted by molar-refractivity contribution is 0.151. The SMILES string of the molecule is Fc1ccc(OCN2CCCC2)c2c1CCC2. The first-order valence-electron chi connectivity index (χ1n) is 6.50. The zero-order valence-electron chi connectivity index (χ0n) is 10.0. The minimum Gasteiger partial charge on any atom is -0.478 e. The lowest BCUT2D eigenvalue weighted by Gasteiger charge is -2.17. The molecule has 0 atom stereocenters. The second-order valence-electron chi connectivity index (χ2n) is 4.95. The summed E-state index contributed by atoms with van der Waals surface area (Å²) in [5.74, 6) is 0.830. The number of hydrogen-bond donors (Lipinski definition) is 0. The fraction of sp³-hybridized carbons (Fsp3) is 0.571. The zero-order valence-corrected chi connectivity index (χ0v) is 10.0. The third-order valence-electron chi connectivity index (χ3n) is 3.79. The van der Waals surface area contributed by atoms with Crippen LogP contribution in [-0.4, -0.2) is 24.7 Å². The highest BCUT2D eigenvalue weighted by Gasteiger charge is 2.20. The Kier molecular flexibility index (Phi) is 3.02. The highest BCUT2D eigenvalue weighted by atomic mass is 19.1. The predicted octanol–water partition coefficient (Wildman–Crippen LogP) is 2.75. The van der Waals surface area contributed by atoms with Crippen LogP contribution in [0.15, 0.2) is 12.1 Å². The molecule has 0 aromatic heterocycles. The van der Waals surface area contributed by atoms with Crippen LogP contribution in [0.3, 0.4) is 0 Å². The average Bonchev–Trinajstić information content (AvgIpc) is 2.99. The Balaban J connectivity index is 1.72. The van der Waals surface area contributed by atoms with Crippen LogP contribution in [0.1, 0.15) is 30.4 Å². The molecule has 2 aliphatic rings. The van der Waals surface area contributed by atoms with Crippen molar-refractivity contribution in [2.75, 3.05) is 19.8 Å². The molecule has 1 aromatic carbocycles. The Labute approximate surface area is 101 Å². The molecule has 0 bridgehead atoms. The number of halogens is 1. The van der Waals surface area contributed by atoms with Gasteiger partial charge in [0.25, 0.3) is 0 Å². The molecule has 1 fully saturated rings. The van der Waals surface area contributed by atoms with E-state index < -0.39 is 0 Å². The minimum absolute atomic E-state index is 0.0639. The first-order chi connectivity index (χ1) is 8.34. The van der Waals surface area contributed by atoms with Crippen molar-refractivity contribution in [1.82, 2.24) is 4.90 Å². The van der Waals surface area contributed by atoms with E-state index in [0.29, 0.717) is 6.73 Å². The Morgan fingerprint density at radius 1 is 1.06 bits per heavy atom. The molecule has 1 heterocycles. The summed E-state index contributed by atoms with van der Waals surface area (Å²) in [4.78, 5) is 2.31. The first-order valence-corrected chi connectivity index (χ1v) is 6.50. The number of hydrogen-bond acceptors (Lipinski definition) is 2. The normalized spacial score (nSPS) is 19.6. The average molecular weight is 235 g/mol. The van der Waals surface area contributed by atoms with Crippen LogP contribution in [0.4, 0.5) is 4.39 Å². The van der Waals surface area contributed by atoms with Crippen molar-refractivity contribution in [2.45, 2.75) is 32.1 Å². The van der Waals surface area contributed by atoms with Gasteiger partial charge < -0.3 is 4.74 Å². The summed E-state index contributed by atoms with van der Waals surface area (Å²) in [6.45, 7) is 2.91. The van der Waals surface area contributed by atoms with Crippen LogP contribution < -0.4 is 4.74 Å². The summed E-state index contributed by atoms with van der Waals surface area (Å²) >= 11 is 0. The van der Waals surface area contributed by atoms with Gasteiger partial charge >= 0.3 is 0 Å². The van der Waals surface area contributed by atoms with Gasteiger partial charge in [-0.15, -0.1) is 0 Å². The van der Waals surface area contributed by atoms with Crippen LogP contribution in [0, 0.1) is 5.82 Å². The number of benzene rings is 1. The summed E-state index contributed by atoms with van der Waals surface area (Å²) in [6.07, 6.45) is 5.41. The van der Waals surface area contributed by atoms with Gasteiger partial charge in [0.05, 0.1) is 0 Å². The van der Waals surface area contributed by atoms with Gasteiger partial charge in [-0.1, -0.05) is 0 Å². The maximum absolute atomic E-state index is 13.5. The van der Waals surface area contributed by atoms with E-state index in [2.05, 4.69) is 4.90 Å². The van der Waals surface area contributed by atoms with Gasteiger partial charge in [0.1, 0.15) is 18.3 Å². The van der Waals surface area contributed by atoms with Crippen molar-refractivity contribution >= 4 is 0 Å². The van der Waals surface area contributed by atoms with E-state index in [9.17, 15) is 4.39 Å². The molecule has 0 amide bonds. The third-order valence-corrected chi connectivity index (χ3v) is 3.79. The smallest absolute Gasteiger partial charge is 0.142 e. The molecule has 3 rings (SSSR count). The number of ether oxygens (including phenoxy) is 1. The predicted molar refractivity (Wildman–Crippen MR) is 64.7 cm³/mol. The second-order valence-corrected chi connectivity index (χ2v) is 4.95. The topological polar surface area (TPSA) is 12.5 Å². The standard InChI is InChI=1S/C14H18FNO/c15-13-6-7-14(12-5-3-4-11(12)13)17-10-16-8-1-2-9-16/h6-7H,1-5,8-10H2. The fourth-order valence-electron chi connectivity index (χ4n) is 2.84. The van der Waals surface area contributed by atoms with Crippen molar-refractivity contribution in [3.05, 3.63) is 29.1 Å². The van der Waals surface area contributed by atoms with E-state index in [4.69, 9.17) is 4.74 Å². The van der Waals surface area contributed by atoms with E-state index in [1.807, 2.05) is 0 Å². The van der Waals surface area contributed by atoms with E-state index in [0.717, 1.165) is 49.2 Å². The molecule has 0 saturated carbocycles. The van der Waals surface area contributed by atoms with Crippen molar-refractivity contribution in [3.8, 4) is 5.75 Å². The lowest BCUT2D eigenvalue weighted by Crippen LogP contribution is -2.24. The van der Waals surface area contributed by atoms with Gasteiger partial charge in [0.2, 0.25) is 0 Å². The summed E-state index contributed by atoms with van der Waals surface area (Å²) in [6, 6.07) is 3.33. The highest BCUT2D eigenvalue weighted by molar-refractivity contribution is 5.43. The van der Waals surface area contributed by atoms with Crippen LogP contribution in [0.25, 0.3) is 0 Å². The van der Waals surface area contributed by atoms with Crippen LogP contribution in [0.5, 0.6) is 5.75 Å². The Bertz CT molecular complexity index is 413. The monoisotopic (exact) mass is 235 g/mol. The minimum atomic E-state index is -0.0639. The molecule has 2 nitrogen and oxygen atoms in total. The van der Waals surface area contributed by atoms with E-state index in [-0.39, 0.29) is 5.82 Å². The second kappa shape index (κ2) is 4.65. The Morgan fingerprint density at radius 2 is 1.82 bits per heavy atom. The van der Waals surface area contributed by atoms with Crippen molar-refractivity contribution in [1.29, 1.82) is 0 Å². The molecule has 17 heavy (non-hydrogen) atoms.